The van der Waals surface area contributed by atoms with Crippen molar-refractivity contribution in [2.45, 2.75) is 33.1 Å². The number of carbonyl (C=O) groups excluding carboxylic acids is 1. The molecule has 0 saturated carbocycles. The molecule has 1 aromatic heterocycles. The number of pyridine rings is 1. The number of nitrogen functional groups attached to an aromatic ring is 1. The molecule has 0 aromatic carbocycles. The van der Waals surface area contributed by atoms with Crippen molar-refractivity contribution in [1.82, 2.24) is 9.88 Å². The lowest BCUT2D eigenvalue weighted by molar-refractivity contribution is 0.0787. The predicted octanol–water partition coefficient (Wildman–Crippen LogP) is 1.94. The van der Waals surface area contributed by atoms with E-state index in [1.807, 2.05) is 11.8 Å². The molecule has 0 spiro atoms. The molecular formula is C14H22N4O. The Bertz CT molecular complexity index is 461. The van der Waals surface area contributed by atoms with Crippen LogP contribution in [0.15, 0.2) is 12.3 Å². The number of carbonyl (C=O) groups is 1. The number of nitrogens with two attached hydrogens (primary N) is 1. The van der Waals surface area contributed by atoms with Crippen molar-refractivity contribution in [1.29, 1.82) is 0 Å². The van der Waals surface area contributed by atoms with Crippen LogP contribution in [0, 0.1) is 12.8 Å². The van der Waals surface area contributed by atoms with Gasteiger partial charge in [0.2, 0.25) is 0 Å². The van der Waals surface area contributed by atoms with Crippen molar-refractivity contribution in [3.8, 4) is 0 Å². The van der Waals surface area contributed by atoms with Crippen LogP contribution in [-0.4, -0.2) is 28.9 Å². The molecule has 1 unspecified atom stereocenters. The van der Waals surface area contributed by atoms with Crippen molar-refractivity contribution in [2.24, 2.45) is 11.8 Å². The van der Waals surface area contributed by atoms with Crippen LogP contribution in [0.2, 0.25) is 0 Å². The first-order chi connectivity index (χ1) is 9.15. The lowest BCUT2D eigenvalue weighted by Gasteiger charge is -2.18. The minimum Gasteiger partial charge on any atom is -0.338 e. The van der Waals surface area contributed by atoms with Crippen molar-refractivity contribution < 1.29 is 4.79 Å². The van der Waals surface area contributed by atoms with Gasteiger partial charge in [0.1, 0.15) is 0 Å². The van der Waals surface area contributed by atoms with Gasteiger partial charge in [-0.05, 0) is 31.7 Å². The summed E-state index contributed by atoms with van der Waals surface area (Å²) in [5, 5.41) is 0. The molecule has 104 valence electrons. The van der Waals surface area contributed by atoms with Gasteiger partial charge in [-0.25, -0.2) is 0 Å². The molecular weight excluding hydrogens is 240 g/mol. The van der Waals surface area contributed by atoms with E-state index in [4.69, 9.17) is 5.84 Å². The van der Waals surface area contributed by atoms with Gasteiger partial charge < -0.3 is 10.3 Å². The SMILES string of the molecule is CCCC1CCN(C(=O)c2cnc(C)cc2NN)C1. The smallest absolute Gasteiger partial charge is 0.257 e. The monoisotopic (exact) mass is 262 g/mol. The van der Waals surface area contributed by atoms with Gasteiger partial charge in [0.05, 0.1) is 11.3 Å². The molecule has 2 rings (SSSR count). The number of hydrazine groups is 1. The zero-order valence-electron chi connectivity index (χ0n) is 11.6. The summed E-state index contributed by atoms with van der Waals surface area (Å²) in [6.45, 7) is 5.75. The molecule has 5 nitrogen and oxygen atoms in total. The van der Waals surface area contributed by atoms with Crippen LogP contribution in [-0.2, 0) is 0 Å². The largest absolute Gasteiger partial charge is 0.338 e. The Morgan fingerprint density at radius 2 is 2.42 bits per heavy atom. The van der Waals surface area contributed by atoms with Crippen molar-refractivity contribution in [3.63, 3.8) is 0 Å². The van der Waals surface area contributed by atoms with Crippen LogP contribution in [0.3, 0.4) is 0 Å². The fraction of sp³-hybridized carbons (Fsp3) is 0.571. The molecule has 1 amide bonds. The van der Waals surface area contributed by atoms with Gasteiger partial charge in [-0.3, -0.25) is 15.6 Å². The van der Waals surface area contributed by atoms with Crippen molar-refractivity contribution in [2.75, 3.05) is 18.5 Å². The lowest BCUT2D eigenvalue weighted by Crippen LogP contribution is -2.30. The number of amides is 1. The first-order valence-corrected chi connectivity index (χ1v) is 6.88. The van der Waals surface area contributed by atoms with E-state index in [9.17, 15) is 4.79 Å². The van der Waals surface area contributed by atoms with E-state index in [2.05, 4.69) is 17.3 Å². The minimum atomic E-state index is 0.0269. The zero-order valence-corrected chi connectivity index (χ0v) is 11.6. The number of likely N-dealkylation sites (tertiary alicyclic amines) is 1. The van der Waals surface area contributed by atoms with Crippen LogP contribution in [0.25, 0.3) is 0 Å². The average molecular weight is 262 g/mol. The summed E-state index contributed by atoms with van der Waals surface area (Å²) in [4.78, 5) is 18.6. The molecule has 0 bridgehead atoms. The second kappa shape index (κ2) is 6.02. The van der Waals surface area contributed by atoms with E-state index in [1.54, 1.807) is 12.3 Å². The van der Waals surface area contributed by atoms with E-state index in [1.165, 1.54) is 12.8 Å². The molecule has 5 heteroatoms. The quantitative estimate of drug-likeness (QED) is 0.642. The first-order valence-electron chi connectivity index (χ1n) is 6.88. The molecule has 1 aliphatic heterocycles. The second-order valence-corrected chi connectivity index (χ2v) is 5.21. The number of rotatable bonds is 4. The van der Waals surface area contributed by atoms with Gasteiger partial charge >= 0.3 is 0 Å². The fourth-order valence-electron chi connectivity index (χ4n) is 2.68. The first kappa shape index (κ1) is 13.8. The molecule has 1 fully saturated rings. The maximum atomic E-state index is 12.5. The third kappa shape index (κ3) is 3.04. The van der Waals surface area contributed by atoms with Crippen LogP contribution in [0.5, 0.6) is 0 Å². The molecule has 19 heavy (non-hydrogen) atoms. The molecule has 0 aliphatic carbocycles. The topological polar surface area (TPSA) is 71.2 Å². The van der Waals surface area contributed by atoms with E-state index in [0.29, 0.717) is 17.2 Å². The van der Waals surface area contributed by atoms with Crippen LogP contribution >= 0.6 is 0 Å². The summed E-state index contributed by atoms with van der Waals surface area (Å²) < 4.78 is 0. The second-order valence-electron chi connectivity index (χ2n) is 5.21. The highest BCUT2D eigenvalue weighted by Crippen LogP contribution is 2.24. The Balaban J connectivity index is 2.12. The number of nitrogens with zero attached hydrogens (tertiary/aromatic N) is 2. The number of hydrogen-bond donors (Lipinski definition) is 2. The summed E-state index contributed by atoms with van der Waals surface area (Å²) >= 11 is 0. The van der Waals surface area contributed by atoms with Crippen LogP contribution in [0.4, 0.5) is 5.69 Å². The third-order valence-electron chi connectivity index (χ3n) is 3.70. The normalized spacial score (nSPS) is 18.7. The van der Waals surface area contributed by atoms with Gasteiger partial charge in [0.15, 0.2) is 0 Å². The summed E-state index contributed by atoms with van der Waals surface area (Å²) in [5.41, 5.74) is 4.64. The van der Waals surface area contributed by atoms with Gasteiger partial charge in [0, 0.05) is 25.0 Å². The molecule has 1 aliphatic rings. The maximum absolute atomic E-state index is 12.5. The van der Waals surface area contributed by atoms with E-state index >= 15 is 0 Å². The van der Waals surface area contributed by atoms with Crippen molar-refractivity contribution >= 4 is 11.6 Å². The van der Waals surface area contributed by atoms with Gasteiger partial charge in [-0.2, -0.15) is 0 Å². The van der Waals surface area contributed by atoms with Gasteiger partial charge in [-0.1, -0.05) is 13.3 Å². The maximum Gasteiger partial charge on any atom is 0.257 e. The van der Waals surface area contributed by atoms with E-state index in [0.717, 1.165) is 25.2 Å². The molecule has 1 aromatic rings. The Morgan fingerprint density at radius 1 is 1.63 bits per heavy atom. The number of nitrogens with one attached hydrogen (secondary N) is 1. The molecule has 1 atom stereocenters. The fourth-order valence-corrected chi connectivity index (χ4v) is 2.68. The molecule has 1 saturated heterocycles. The van der Waals surface area contributed by atoms with Gasteiger partial charge in [-0.15, -0.1) is 0 Å². The molecule has 0 radical (unpaired) electrons. The van der Waals surface area contributed by atoms with E-state index < -0.39 is 0 Å². The van der Waals surface area contributed by atoms with E-state index in [-0.39, 0.29) is 5.91 Å². The minimum absolute atomic E-state index is 0.0269. The number of hydrogen-bond acceptors (Lipinski definition) is 4. The average Bonchev–Trinajstić information content (AvgIpc) is 2.87. The number of aromatic nitrogens is 1. The van der Waals surface area contributed by atoms with Crippen LogP contribution < -0.4 is 11.3 Å². The molecule has 3 N–H and O–H groups in total. The summed E-state index contributed by atoms with van der Waals surface area (Å²) in [7, 11) is 0. The number of anilines is 1. The van der Waals surface area contributed by atoms with Crippen LogP contribution in [0.1, 0.15) is 42.2 Å². The highest BCUT2D eigenvalue weighted by atomic mass is 16.2. The Hall–Kier alpha value is -1.62. The Labute approximate surface area is 114 Å². The molecule has 2 heterocycles. The van der Waals surface area contributed by atoms with Gasteiger partial charge in [0.25, 0.3) is 5.91 Å². The Kier molecular flexibility index (Phi) is 4.37. The summed E-state index contributed by atoms with van der Waals surface area (Å²) in [6, 6.07) is 1.80. The number of aryl methyl sites for hydroxylation is 1. The highest BCUT2D eigenvalue weighted by Gasteiger charge is 2.27. The highest BCUT2D eigenvalue weighted by molar-refractivity contribution is 5.99. The third-order valence-corrected chi connectivity index (χ3v) is 3.70. The lowest BCUT2D eigenvalue weighted by atomic mass is 10.0. The zero-order chi connectivity index (χ0) is 13.8. The Morgan fingerprint density at radius 3 is 3.11 bits per heavy atom. The van der Waals surface area contributed by atoms with Crippen molar-refractivity contribution in [3.05, 3.63) is 23.5 Å². The predicted molar refractivity (Wildman–Crippen MR) is 75.7 cm³/mol. The standard InChI is InChI=1S/C14H22N4O/c1-3-4-11-5-6-18(9-11)14(19)12-8-16-10(2)7-13(12)17-15/h7-8,11H,3-6,9,15H2,1-2H3,(H,16,17). The summed E-state index contributed by atoms with van der Waals surface area (Å²) in [5.74, 6) is 6.15. The summed E-state index contributed by atoms with van der Waals surface area (Å²) in [6.07, 6.45) is 5.08.